The summed E-state index contributed by atoms with van der Waals surface area (Å²) in [5, 5.41) is 4.31. The third-order valence-corrected chi connectivity index (χ3v) is 5.28. The first-order valence-electron chi connectivity index (χ1n) is 7.90. The lowest BCUT2D eigenvalue weighted by Gasteiger charge is -2.22. The molecule has 2 heterocycles. The number of halogens is 1. The van der Waals surface area contributed by atoms with Crippen LogP contribution < -0.4 is 0 Å². The second kappa shape index (κ2) is 6.76. The lowest BCUT2D eigenvalue weighted by molar-refractivity contribution is 0.0732. The molecule has 1 unspecified atom stereocenters. The van der Waals surface area contributed by atoms with Crippen molar-refractivity contribution < 1.29 is 9.18 Å². The number of nitrogens with zero attached hydrogens (tertiary/aromatic N) is 4. The largest absolute Gasteiger partial charge is 0.331 e. The second-order valence-corrected chi connectivity index (χ2v) is 7.23. The van der Waals surface area contributed by atoms with E-state index in [9.17, 15) is 9.18 Å². The van der Waals surface area contributed by atoms with E-state index >= 15 is 0 Å². The maximum atomic E-state index is 13.1. The van der Waals surface area contributed by atoms with Gasteiger partial charge in [0.05, 0.1) is 11.7 Å². The Morgan fingerprint density at radius 3 is 2.48 bits per heavy atom. The van der Waals surface area contributed by atoms with Crippen LogP contribution in [0.1, 0.15) is 39.2 Å². The predicted octanol–water partition coefficient (Wildman–Crippen LogP) is 3.92. The Bertz CT molecular complexity index is 900. The maximum Gasteiger partial charge on any atom is 0.293 e. The molecule has 0 fully saturated rings. The molecule has 1 amide bonds. The minimum atomic E-state index is -0.322. The highest BCUT2D eigenvalue weighted by molar-refractivity contribution is 7.12. The van der Waals surface area contributed by atoms with Gasteiger partial charge in [-0.15, -0.1) is 16.4 Å². The number of carbonyl (C=O) groups is 1. The molecule has 1 aromatic carbocycles. The van der Waals surface area contributed by atoms with E-state index in [1.54, 1.807) is 47.0 Å². The summed E-state index contributed by atoms with van der Waals surface area (Å²) in [5.74, 6) is 0.132. The molecular weight excluding hydrogens is 339 g/mol. The van der Waals surface area contributed by atoms with Crippen LogP contribution in [0.2, 0.25) is 0 Å². The number of carbonyl (C=O) groups excluding carboxylic acids is 1. The van der Waals surface area contributed by atoms with Gasteiger partial charge in [0.15, 0.2) is 0 Å². The van der Waals surface area contributed by atoms with Gasteiger partial charge in [-0.25, -0.2) is 14.1 Å². The zero-order valence-electron chi connectivity index (χ0n) is 14.5. The summed E-state index contributed by atoms with van der Waals surface area (Å²) >= 11 is 1.67. The summed E-state index contributed by atoms with van der Waals surface area (Å²) < 4.78 is 14.6. The van der Waals surface area contributed by atoms with Gasteiger partial charge >= 0.3 is 0 Å². The van der Waals surface area contributed by atoms with Gasteiger partial charge < -0.3 is 4.90 Å². The number of thiophene rings is 1. The molecular formula is C18H19FN4OS. The molecule has 0 N–H and O–H groups in total. The van der Waals surface area contributed by atoms with E-state index in [-0.39, 0.29) is 23.6 Å². The van der Waals surface area contributed by atoms with Crippen molar-refractivity contribution in [1.29, 1.82) is 0 Å². The third-order valence-electron chi connectivity index (χ3n) is 4.11. The fourth-order valence-corrected chi connectivity index (χ4v) is 3.48. The number of aromatic nitrogens is 3. The molecule has 5 nitrogen and oxygen atoms in total. The van der Waals surface area contributed by atoms with Gasteiger partial charge in [-0.3, -0.25) is 4.79 Å². The maximum absolute atomic E-state index is 13.1. The van der Waals surface area contributed by atoms with E-state index in [4.69, 9.17) is 0 Å². The van der Waals surface area contributed by atoms with Gasteiger partial charge in [-0.05, 0) is 57.2 Å². The molecule has 2 aromatic heterocycles. The normalized spacial score (nSPS) is 12.2. The highest BCUT2D eigenvalue weighted by atomic mass is 32.1. The van der Waals surface area contributed by atoms with Crippen molar-refractivity contribution in [2.24, 2.45) is 0 Å². The van der Waals surface area contributed by atoms with Gasteiger partial charge in [0.1, 0.15) is 11.6 Å². The van der Waals surface area contributed by atoms with E-state index in [2.05, 4.69) is 10.1 Å². The summed E-state index contributed by atoms with van der Waals surface area (Å²) in [6.07, 6.45) is 0. The van der Waals surface area contributed by atoms with Crippen LogP contribution >= 0.6 is 11.3 Å². The molecule has 0 spiro atoms. The predicted molar refractivity (Wildman–Crippen MR) is 95.6 cm³/mol. The number of hydrogen-bond acceptors (Lipinski definition) is 4. The molecule has 0 saturated heterocycles. The van der Waals surface area contributed by atoms with Crippen LogP contribution in [0.4, 0.5) is 4.39 Å². The Morgan fingerprint density at radius 2 is 1.88 bits per heavy atom. The van der Waals surface area contributed by atoms with Gasteiger partial charge in [0.25, 0.3) is 5.91 Å². The van der Waals surface area contributed by atoms with Crippen molar-refractivity contribution in [2.75, 3.05) is 7.05 Å². The van der Waals surface area contributed by atoms with Crippen LogP contribution in [0, 0.1) is 19.7 Å². The summed E-state index contributed by atoms with van der Waals surface area (Å²) in [6.45, 7) is 5.78. The Kier molecular flexibility index (Phi) is 4.67. The number of amides is 1. The van der Waals surface area contributed by atoms with E-state index in [1.807, 2.05) is 26.0 Å². The van der Waals surface area contributed by atoms with Gasteiger partial charge in [0.2, 0.25) is 5.82 Å². The van der Waals surface area contributed by atoms with Crippen LogP contribution in [-0.4, -0.2) is 32.6 Å². The molecule has 0 aliphatic heterocycles. The first-order valence-corrected chi connectivity index (χ1v) is 8.71. The molecule has 1 atom stereocenters. The molecule has 0 aliphatic carbocycles. The summed E-state index contributed by atoms with van der Waals surface area (Å²) in [5.41, 5.74) is 0.662. The number of hydrogen-bond donors (Lipinski definition) is 0. The molecule has 3 rings (SSSR count). The van der Waals surface area contributed by atoms with Crippen molar-refractivity contribution in [3.63, 3.8) is 0 Å². The molecule has 0 aliphatic rings. The van der Waals surface area contributed by atoms with Gasteiger partial charge in [0, 0.05) is 16.8 Å². The van der Waals surface area contributed by atoms with E-state index in [0.717, 1.165) is 4.88 Å². The second-order valence-electron chi connectivity index (χ2n) is 5.91. The monoisotopic (exact) mass is 358 g/mol. The smallest absolute Gasteiger partial charge is 0.293 e. The van der Waals surface area contributed by atoms with Crippen molar-refractivity contribution in [2.45, 2.75) is 26.8 Å². The number of rotatable bonds is 4. The zero-order valence-corrected chi connectivity index (χ0v) is 15.3. The topological polar surface area (TPSA) is 51.0 Å². The quantitative estimate of drug-likeness (QED) is 0.710. The van der Waals surface area contributed by atoms with Crippen LogP contribution in [0.15, 0.2) is 36.4 Å². The fraction of sp³-hybridized carbons (Fsp3) is 0.278. The molecule has 3 aromatic rings. The van der Waals surface area contributed by atoms with Crippen molar-refractivity contribution in [1.82, 2.24) is 19.7 Å². The number of aryl methyl sites for hydroxylation is 2. The van der Waals surface area contributed by atoms with E-state index < -0.39 is 0 Å². The highest BCUT2D eigenvalue weighted by Gasteiger charge is 2.24. The van der Waals surface area contributed by atoms with Gasteiger partial charge in [-0.2, -0.15) is 0 Å². The first kappa shape index (κ1) is 17.3. The lowest BCUT2D eigenvalue weighted by atomic mass is 10.2. The molecule has 7 heteroatoms. The van der Waals surface area contributed by atoms with Crippen molar-refractivity contribution >= 4 is 17.2 Å². The number of benzene rings is 1. The standard InChI is InChI=1S/C18H19FN4OS/c1-11-5-10-16(25-11)12(2)22(4)18(24)17-20-13(3)23(21-17)15-8-6-14(19)7-9-15/h5-10,12H,1-4H3. The molecule has 0 radical (unpaired) electrons. The lowest BCUT2D eigenvalue weighted by Crippen LogP contribution is -2.30. The highest BCUT2D eigenvalue weighted by Crippen LogP contribution is 2.27. The Labute approximate surface area is 149 Å². The Hall–Kier alpha value is -2.54. The minimum Gasteiger partial charge on any atom is -0.331 e. The Balaban J connectivity index is 1.85. The van der Waals surface area contributed by atoms with Gasteiger partial charge in [-0.1, -0.05) is 0 Å². The molecule has 0 saturated carbocycles. The van der Waals surface area contributed by atoms with E-state index in [1.165, 1.54) is 17.0 Å². The van der Waals surface area contributed by atoms with Crippen molar-refractivity contribution in [3.05, 3.63) is 63.6 Å². The zero-order chi connectivity index (χ0) is 18.1. The Morgan fingerprint density at radius 1 is 1.20 bits per heavy atom. The SMILES string of the molecule is Cc1ccc(C(C)N(C)C(=O)c2nc(C)n(-c3ccc(F)cc3)n2)s1. The molecule has 130 valence electrons. The first-order chi connectivity index (χ1) is 11.9. The third kappa shape index (κ3) is 3.46. The van der Waals surface area contributed by atoms with Crippen molar-refractivity contribution in [3.8, 4) is 5.69 Å². The average Bonchev–Trinajstić information content (AvgIpc) is 3.19. The summed E-state index contributed by atoms with van der Waals surface area (Å²) in [4.78, 5) is 21.0. The van der Waals surface area contributed by atoms with E-state index in [0.29, 0.717) is 11.5 Å². The van der Waals surface area contributed by atoms with Crippen LogP contribution in [0.5, 0.6) is 0 Å². The fourth-order valence-electron chi connectivity index (χ4n) is 2.51. The van der Waals surface area contributed by atoms with Crippen LogP contribution in [-0.2, 0) is 0 Å². The minimum absolute atomic E-state index is 0.0655. The summed E-state index contributed by atoms with van der Waals surface area (Å²) in [6, 6.07) is 9.92. The molecule has 0 bridgehead atoms. The summed E-state index contributed by atoms with van der Waals surface area (Å²) in [7, 11) is 1.75. The molecule has 25 heavy (non-hydrogen) atoms. The van der Waals surface area contributed by atoms with Crippen LogP contribution in [0.25, 0.3) is 5.69 Å². The average molecular weight is 358 g/mol. The van der Waals surface area contributed by atoms with Crippen LogP contribution in [0.3, 0.4) is 0 Å².